The fourth-order valence-electron chi connectivity index (χ4n) is 1.71. The van der Waals surface area contributed by atoms with Crippen LogP contribution in [0, 0.1) is 5.41 Å². The molecule has 0 atom stereocenters. The highest BCUT2D eigenvalue weighted by Gasteiger charge is 2.16. The van der Waals surface area contributed by atoms with Crippen LogP contribution in [0.3, 0.4) is 0 Å². The first kappa shape index (κ1) is 7.35. The molecule has 2 heteroatoms. The Morgan fingerprint density at radius 1 is 1.42 bits per heavy atom. The Labute approximate surface area is 72.3 Å². The Hall–Kier alpha value is -1.31. The maximum absolute atomic E-state index is 7.04. The zero-order chi connectivity index (χ0) is 8.39. The van der Waals surface area contributed by atoms with E-state index in [1.807, 2.05) is 0 Å². The van der Waals surface area contributed by atoms with Gasteiger partial charge in [0.05, 0.1) is 6.54 Å². The van der Waals surface area contributed by atoms with E-state index in [1.54, 1.807) is 0 Å². The number of rotatable bonds is 2. The summed E-state index contributed by atoms with van der Waals surface area (Å²) in [4.78, 5) is 2.24. The largest absolute Gasteiger partial charge is 0.366 e. The summed E-state index contributed by atoms with van der Waals surface area (Å²) in [6, 6.07) is 8.43. The molecule has 1 N–H and O–H groups in total. The van der Waals surface area contributed by atoms with Crippen molar-refractivity contribution >= 4 is 11.9 Å². The number of fused-ring (bicyclic) bond motifs is 1. The minimum atomic E-state index is 0.747. The van der Waals surface area contributed by atoms with E-state index in [0.717, 1.165) is 19.5 Å². The van der Waals surface area contributed by atoms with Gasteiger partial charge in [-0.15, -0.1) is 0 Å². The topological polar surface area (TPSA) is 27.1 Å². The summed E-state index contributed by atoms with van der Waals surface area (Å²) in [6.45, 7) is 1.81. The minimum Gasteiger partial charge on any atom is -0.366 e. The smallest absolute Gasteiger partial charge is 0.0525 e. The van der Waals surface area contributed by atoms with E-state index >= 15 is 0 Å². The van der Waals surface area contributed by atoms with Crippen molar-refractivity contribution < 1.29 is 0 Å². The molecule has 12 heavy (non-hydrogen) atoms. The van der Waals surface area contributed by atoms with Gasteiger partial charge in [-0.3, -0.25) is 0 Å². The van der Waals surface area contributed by atoms with Gasteiger partial charge in [0.15, 0.2) is 0 Å². The fraction of sp³-hybridized carbons (Fsp3) is 0.300. The van der Waals surface area contributed by atoms with Crippen LogP contribution in [0.1, 0.15) is 5.56 Å². The molecule has 1 aliphatic rings. The number of hydrogen-bond acceptors (Lipinski definition) is 2. The van der Waals surface area contributed by atoms with Crippen LogP contribution in [-0.4, -0.2) is 19.3 Å². The molecule has 0 aliphatic carbocycles. The second-order valence-electron chi connectivity index (χ2n) is 3.03. The van der Waals surface area contributed by atoms with E-state index in [0.29, 0.717) is 0 Å². The second-order valence-corrected chi connectivity index (χ2v) is 3.03. The average Bonchev–Trinajstić information content (AvgIpc) is 2.50. The zero-order valence-electron chi connectivity index (χ0n) is 6.96. The highest BCUT2D eigenvalue weighted by atomic mass is 15.1. The van der Waals surface area contributed by atoms with Gasteiger partial charge in [0, 0.05) is 18.4 Å². The van der Waals surface area contributed by atoms with Gasteiger partial charge in [0.25, 0.3) is 0 Å². The van der Waals surface area contributed by atoms with Crippen molar-refractivity contribution in [2.24, 2.45) is 0 Å². The highest BCUT2D eigenvalue weighted by Crippen LogP contribution is 2.26. The van der Waals surface area contributed by atoms with E-state index in [2.05, 4.69) is 29.2 Å². The molecule has 0 amide bonds. The van der Waals surface area contributed by atoms with Gasteiger partial charge in [0.1, 0.15) is 0 Å². The van der Waals surface area contributed by atoms with Crippen molar-refractivity contribution in [1.82, 2.24) is 0 Å². The lowest BCUT2D eigenvalue weighted by Gasteiger charge is -2.15. The number of nitrogens with one attached hydrogen (secondary N) is 1. The van der Waals surface area contributed by atoms with E-state index in [1.165, 1.54) is 17.5 Å². The minimum absolute atomic E-state index is 0.747. The fourth-order valence-corrected chi connectivity index (χ4v) is 1.71. The molecule has 0 bridgehead atoms. The summed E-state index contributed by atoms with van der Waals surface area (Å²) in [5.41, 5.74) is 2.72. The van der Waals surface area contributed by atoms with Gasteiger partial charge < -0.3 is 10.3 Å². The molecule has 0 radical (unpaired) electrons. The SMILES string of the molecule is N=CCN1CCc2ccccc21. The summed E-state index contributed by atoms with van der Waals surface area (Å²) in [7, 11) is 0. The molecule has 0 aromatic heterocycles. The first-order valence-corrected chi connectivity index (χ1v) is 4.23. The van der Waals surface area contributed by atoms with E-state index < -0.39 is 0 Å². The third-order valence-electron chi connectivity index (χ3n) is 2.30. The van der Waals surface area contributed by atoms with Crippen LogP contribution < -0.4 is 4.90 Å². The van der Waals surface area contributed by atoms with Crippen molar-refractivity contribution in [2.45, 2.75) is 6.42 Å². The van der Waals surface area contributed by atoms with Crippen LogP contribution in [0.2, 0.25) is 0 Å². The summed E-state index contributed by atoms with van der Waals surface area (Å²) in [5, 5.41) is 7.04. The lowest BCUT2D eigenvalue weighted by atomic mass is 10.2. The van der Waals surface area contributed by atoms with E-state index in [-0.39, 0.29) is 0 Å². The van der Waals surface area contributed by atoms with Gasteiger partial charge in [-0.1, -0.05) is 18.2 Å². The predicted molar refractivity (Wildman–Crippen MR) is 51.1 cm³/mol. The normalized spacial score (nSPS) is 14.5. The lowest BCUT2D eigenvalue weighted by Crippen LogP contribution is -2.22. The molecular formula is C10H12N2. The third-order valence-corrected chi connectivity index (χ3v) is 2.30. The number of para-hydroxylation sites is 1. The maximum Gasteiger partial charge on any atom is 0.0525 e. The Bertz CT molecular complexity index is 294. The Kier molecular flexibility index (Phi) is 1.82. The molecule has 1 aromatic carbocycles. The molecule has 0 saturated carbocycles. The molecule has 1 aromatic rings. The molecule has 0 fully saturated rings. The Morgan fingerprint density at radius 3 is 3.08 bits per heavy atom. The second kappa shape index (κ2) is 2.97. The molecule has 2 nitrogen and oxygen atoms in total. The van der Waals surface area contributed by atoms with Crippen LogP contribution in [-0.2, 0) is 6.42 Å². The quantitative estimate of drug-likeness (QED) is 0.655. The van der Waals surface area contributed by atoms with E-state index in [4.69, 9.17) is 5.41 Å². The highest BCUT2D eigenvalue weighted by molar-refractivity contribution is 5.67. The van der Waals surface area contributed by atoms with Crippen LogP contribution in [0.15, 0.2) is 24.3 Å². The summed E-state index contributed by atoms with van der Waals surface area (Å²) < 4.78 is 0. The zero-order valence-corrected chi connectivity index (χ0v) is 6.96. The molecule has 62 valence electrons. The average molecular weight is 160 g/mol. The summed E-state index contributed by atoms with van der Waals surface area (Å²) in [5.74, 6) is 0. The van der Waals surface area contributed by atoms with Crippen molar-refractivity contribution in [3.05, 3.63) is 29.8 Å². The number of hydrogen-bond donors (Lipinski definition) is 1. The van der Waals surface area contributed by atoms with Crippen LogP contribution in [0.25, 0.3) is 0 Å². The third kappa shape index (κ3) is 1.09. The van der Waals surface area contributed by atoms with Crippen molar-refractivity contribution in [3.63, 3.8) is 0 Å². The molecule has 2 rings (SSSR count). The Morgan fingerprint density at radius 2 is 2.25 bits per heavy atom. The summed E-state index contributed by atoms with van der Waals surface area (Å²) >= 11 is 0. The van der Waals surface area contributed by atoms with E-state index in [9.17, 15) is 0 Å². The first-order chi connectivity index (χ1) is 5.92. The van der Waals surface area contributed by atoms with Gasteiger partial charge in [0.2, 0.25) is 0 Å². The van der Waals surface area contributed by atoms with Gasteiger partial charge in [-0.05, 0) is 18.1 Å². The first-order valence-electron chi connectivity index (χ1n) is 4.23. The standard InChI is InChI=1S/C10H12N2/c11-6-8-12-7-5-9-3-1-2-4-10(9)12/h1-4,6,11H,5,7-8H2. The van der Waals surface area contributed by atoms with Gasteiger partial charge in [-0.25, -0.2) is 0 Å². The maximum atomic E-state index is 7.04. The number of benzene rings is 1. The predicted octanol–water partition coefficient (Wildman–Crippen LogP) is 1.70. The molecule has 0 spiro atoms. The lowest BCUT2D eigenvalue weighted by molar-refractivity contribution is 0.923. The van der Waals surface area contributed by atoms with Crippen LogP contribution >= 0.6 is 0 Å². The summed E-state index contributed by atoms with van der Waals surface area (Å²) in [6.07, 6.45) is 2.59. The van der Waals surface area contributed by atoms with Gasteiger partial charge >= 0.3 is 0 Å². The molecule has 0 unspecified atom stereocenters. The number of anilines is 1. The van der Waals surface area contributed by atoms with Crippen molar-refractivity contribution in [1.29, 1.82) is 5.41 Å². The van der Waals surface area contributed by atoms with Crippen molar-refractivity contribution in [2.75, 3.05) is 18.0 Å². The van der Waals surface area contributed by atoms with Crippen LogP contribution in [0.4, 0.5) is 5.69 Å². The van der Waals surface area contributed by atoms with Gasteiger partial charge in [-0.2, -0.15) is 0 Å². The molecule has 0 saturated heterocycles. The monoisotopic (exact) mass is 160 g/mol. The Balaban J connectivity index is 2.29. The number of nitrogens with zero attached hydrogens (tertiary/aromatic N) is 1. The molecular weight excluding hydrogens is 148 g/mol. The molecule has 1 heterocycles. The van der Waals surface area contributed by atoms with Crippen molar-refractivity contribution in [3.8, 4) is 0 Å². The molecule has 1 aliphatic heterocycles. The van der Waals surface area contributed by atoms with Crippen LogP contribution in [0.5, 0.6) is 0 Å².